The normalized spacial score (nSPS) is 23.6. The van der Waals surface area contributed by atoms with E-state index in [9.17, 15) is 0 Å². The molecule has 0 saturated heterocycles. The first-order valence-corrected chi connectivity index (χ1v) is 7.22. The SMILES string of the molecule is Cc1cc(/C(N)=N/O)cc(N(C)C2CCCCC2C)n1. The quantitative estimate of drug-likeness (QED) is 0.385. The van der Waals surface area contributed by atoms with Gasteiger partial charge in [0.25, 0.3) is 0 Å². The summed E-state index contributed by atoms with van der Waals surface area (Å²) in [6.07, 6.45) is 5.07. The molecule has 20 heavy (non-hydrogen) atoms. The van der Waals surface area contributed by atoms with Crippen LogP contribution < -0.4 is 10.6 Å². The van der Waals surface area contributed by atoms with Gasteiger partial charge >= 0.3 is 0 Å². The number of rotatable bonds is 3. The number of oxime groups is 1. The molecular formula is C15H24N4O. The van der Waals surface area contributed by atoms with Crippen LogP contribution in [0.5, 0.6) is 0 Å². The van der Waals surface area contributed by atoms with Crippen molar-refractivity contribution in [1.82, 2.24) is 4.98 Å². The Kier molecular flexibility index (Phi) is 4.47. The van der Waals surface area contributed by atoms with Gasteiger partial charge in [0.05, 0.1) is 0 Å². The molecule has 2 atom stereocenters. The van der Waals surface area contributed by atoms with Crippen molar-refractivity contribution in [2.24, 2.45) is 16.8 Å². The third-order valence-electron chi connectivity index (χ3n) is 4.27. The van der Waals surface area contributed by atoms with Crippen LogP contribution in [0.25, 0.3) is 0 Å². The van der Waals surface area contributed by atoms with Crippen LogP contribution >= 0.6 is 0 Å². The molecule has 1 aliphatic rings. The zero-order valence-electron chi connectivity index (χ0n) is 12.5. The predicted molar refractivity (Wildman–Crippen MR) is 81.3 cm³/mol. The number of nitrogens with zero attached hydrogens (tertiary/aromatic N) is 3. The number of hydrogen-bond acceptors (Lipinski definition) is 4. The molecule has 110 valence electrons. The van der Waals surface area contributed by atoms with E-state index >= 15 is 0 Å². The summed E-state index contributed by atoms with van der Waals surface area (Å²) in [7, 11) is 2.09. The molecule has 1 aromatic rings. The van der Waals surface area contributed by atoms with E-state index in [1.165, 1.54) is 25.7 Å². The fourth-order valence-corrected chi connectivity index (χ4v) is 3.08. The van der Waals surface area contributed by atoms with Crippen LogP contribution in [-0.2, 0) is 0 Å². The van der Waals surface area contributed by atoms with Crippen molar-refractivity contribution in [3.05, 3.63) is 23.4 Å². The summed E-state index contributed by atoms with van der Waals surface area (Å²) in [6, 6.07) is 4.23. The maximum atomic E-state index is 8.83. The smallest absolute Gasteiger partial charge is 0.170 e. The van der Waals surface area contributed by atoms with Gasteiger partial charge in [0.15, 0.2) is 5.84 Å². The second-order valence-corrected chi connectivity index (χ2v) is 5.78. The zero-order chi connectivity index (χ0) is 14.7. The Labute approximate surface area is 120 Å². The number of aromatic nitrogens is 1. The maximum absolute atomic E-state index is 8.83. The molecule has 1 fully saturated rings. The molecule has 1 heterocycles. The summed E-state index contributed by atoms with van der Waals surface area (Å²) < 4.78 is 0. The van der Waals surface area contributed by atoms with E-state index < -0.39 is 0 Å². The molecule has 2 unspecified atom stereocenters. The van der Waals surface area contributed by atoms with Gasteiger partial charge in [-0.1, -0.05) is 24.9 Å². The number of aryl methyl sites for hydroxylation is 1. The van der Waals surface area contributed by atoms with Crippen LogP contribution in [0.3, 0.4) is 0 Å². The van der Waals surface area contributed by atoms with E-state index in [1.807, 2.05) is 19.1 Å². The monoisotopic (exact) mass is 276 g/mol. The molecule has 0 aromatic carbocycles. The fourth-order valence-electron chi connectivity index (χ4n) is 3.08. The van der Waals surface area contributed by atoms with E-state index in [0.29, 0.717) is 17.5 Å². The van der Waals surface area contributed by atoms with Crippen LogP contribution in [0.2, 0.25) is 0 Å². The Hall–Kier alpha value is -1.78. The van der Waals surface area contributed by atoms with E-state index in [0.717, 1.165) is 11.5 Å². The largest absolute Gasteiger partial charge is 0.409 e. The Bertz CT molecular complexity index is 501. The molecular weight excluding hydrogens is 252 g/mol. The molecule has 1 aromatic heterocycles. The predicted octanol–water partition coefficient (Wildman–Crippen LogP) is 2.50. The molecule has 5 nitrogen and oxygen atoms in total. The highest BCUT2D eigenvalue weighted by Gasteiger charge is 2.26. The first-order chi connectivity index (χ1) is 9.52. The van der Waals surface area contributed by atoms with Crippen LogP contribution in [-0.4, -0.2) is 29.1 Å². The molecule has 2 rings (SSSR count). The topological polar surface area (TPSA) is 74.7 Å². The van der Waals surface area contributed by atoms with Crippen molar-refractivity contribution in [2.45, 2.75) is 45.6 Å². The highest BCUT2D eigenvalue weighted by atomic mass is 16.4. The molecule has 3 N–H and O–H groups in total. The Morgan fingerprint density at radius 2 is 2.10 bits per heavy atom. The van der Waals surface area contributed by atoms with Crippen molar-refractivity contribution in [3.63, 3.8) is 0 Å². The molecule has 0 amide bonds. The van der Waals surface area contributed by atoms with Crippen LogP contribution in [0.15, 0.2) is 17.3 Å². The highest BCUT2D eigenvalue weighted by Crippen LogP contribution is 2.30. The average molecular weight is 276 g/mol. The highest BCUT2D eigenvalue weighted by molar-refractivity contribution is 5.97. The zero-order valence-corrected chi connectivity index (χ0v) is 12.5. The molecule has 1 saturated carbocycles. The Balaban J connectivity index is 2.29. The van der Waals surface area contributed by atoms with Gasteiger partial charge in [0.1, 0.15) is 5.82 Å². The van der Waals surface area contributed by atoms with E-state index in [-0.39, 0.29) is 5.84 Å². The number of nitrogens with two attached hydrogens (primary N) is 1. The summed E-state index contributed by atoms with van der Waals surface area (Å²) >= 11 is 0. The van der Waals surface area contributed by atoms with Crippen LogP contribution in [0.1, 0.15) is 43.9 Å². The van der Waals surface area contributed by atoms with E-state index in [2.05, 4.69) is 29.0 Å². The summed E-state index contributed by atoms with van der Waals surface area (Å²) in [5.41, 5.74) is 7.28. The fraction of sp³-hybridized carbons (Fsp3) is 0.600. The van der Waals surface area contributed by atoms with Gasteiger partial charge < -0.3 is 15.8 Å². The summed E-state index contributed by atoms with van der Waals surface area (Å²) in [6.45, 7) is 4.23. The minimum absolute atomic E-state index is 0.127. The molecule has 0 aliphatic heterocycles. The standard InChI is InChI=1S/C15H24N4O/c1-10-6-4-5-7-13(10)19(3)14-9-12(15(16)18-20)8-11(2)17-14/h8-10,13,20H,4-7H2,1-3H3,(H2,16,18). The van der Waals surface area contributed by atoms with Gasteiger partial charge in [-0.3, -0.25) is 0 Å². The van der Waals surface area contributed by atoms with Crippen LogP contribution in [0.4, 0.5) is 5.82 Å². The molecule has 0 bridgehead atoms. The van der Waals surface area contributed by atoms with Gasteiger partial charge in [-0.2, -0.15) is 0 Å². The third-order valence-corrected chi connectivity index (χ3v) is 4.27. The van der Waals surface area contributed by atoms with Crippen molar-refractivity contribution in [1.29, 1.82) is 0 Å². The lowest BCUT2D eigenvalue weighted by atomic mass is 9.85. The lowest BCUT2D eigenvalue weighted by Gasteiger charge is -2.37. The van der Waals surface area contributed by atoms with Crippen LogP contribution in [0, 0.1) is 12.8 Å². The molecule has 5 heteroatoms. The van der Waals surface area contributed by atoms with Crippen molar-refractivity contribution >= 4 is 11.7 Å². The van der Waals surface area contributed by atoms with E-state index in [1.54, 1.807) is 0 Å². The van der Waals surface area contributed by atoms with Gasteiger partial charge in [0.2, 0.25) is 0 Å². The molecule has 1 aliphatic carbocycles. The van der Waals surface area contributed by atoms with Crippen molar-refractivity contribution in [2.75, 3.05) is 11.9 Å². The Morgan fingerprint density at radius 3 is 2.75 bits per heavy atom. The average Bonchev–Trinajstić information content (AvgIpc) is 2.45. The third kappa shape index (κ3) is 3.03. The Morgan fingerprint density at radius 1 is 1.40 bits per heavy atom. The van der Waals surface area contributed by atoms with Gasteiger partial charge in [-0.05, 0) is 37.8 Å². The number of pyridine rings is 1. The van der Waals surface area contributed by atoms with Crippen molar-refractivity contribution in [3.8, 4) is 0 Å². The van der Waals surface area contributed by atoms with Gasteiger partial charge in [-0.25, -0.2) is 4.98 Å². The number of amidine groups is 1. The number of anilines is 1. The second kappa shape index (κ2) is 6.11. The maximum Gasteiger partial charge on any atom is 0.170 e. The van der Waals surface area contributed by atoms with Gasteiger partial charge in [0, 0.05) is 24.3 Å². The lowest BCUT2D eigenvalue weighted by molar-refractivity contribution is 0.318. The van der Waals surface area contributed by atoms with Gasteiger partial charge in [-0.15, -0.1) is 0 Å². The lowest BCUT2D eigenvalue weighted by Crippen LogP contribution is -2.39. The molecule has 0 radical (unpaired) electrons. The molecule has 0 spiro atoms. The second-order valence-electron chi connectivity index (χ2n) is 5.78. The minimum Gasteiger partial charge on any atom is -0.409 e. The first kappa shape index (κ1) is 14.6. The summed E-state index contributed by atoms with van der Waals surface area (Å²) in [4.78, 5) is 6.83. The summed E-state index contributed by atoms with van der Waals surface area (Å²) in [5, 5.41) is 11.9. The number of hydrogen-bond donors (Lipinski definition) is 2. The van der Waals surface area contributed by atoms with Crippen molar-refractivity contribution < 1.29 is 5.21 Å². The minimum atomic E-state index is 0.127. The summed E-state index contributed by atoms with van der Waals surface area (Å²) in [5.74, 6) is 1.69. The first-order valence-electron chi connectivity index (χ1n) is 7.22. The van der Waals surface area contributed by atoms with E-state index in [4.69, 9.17) is 10.9 Å².